The molecule has 1 aromatic rings. The lowest BCUT2D eigenvalue weighted by molar-refractivity contribution is 0.0164. The zero-order chi connectivity index (χ0) is 15.2. The molecular weight excluding hydrogens is 256 g/mol. The monoisotopic (exact) mass is 280 g/mol. The second kappa shape index (κ2) is 7.24. The molecule has 5 heteroatoms. The summed E-state index contributed by atoms with van der Waals surface area (Å²) in [5.74, 6) is 0. The molecule has 20 heavy (non-hydrogen) atoms. The summed E-state index contributed by atoms with van der Waals surface area (Å²) in [7, 11) is 0. The molecule has 0 bridgehead atoms. The van der Waals surface area contributed by atoms with Crippen molar-refractivity contribution in [2.75, 3.05) is 13.1 Å². The highest BCUT2D eigenvalue weighted by atomic mass is 16.6. The maximum absolute atomic E-state index is 12.1. The van der Waals surface area contributed by atoms with Gasteiger partial charge < -0.3 is 14.7 Å². The summed E-state index contributed by atoms with van der Waals surface area (Å²) in [4.78, 5) is 17.8. The molecule has 0 spiro atoms. The number of pyridine rings is 1. The van der Waals surface area contributed by atoms with E-state index in [2.05, 4.69) is 4.98 Å². The summed E-state index contributed by atoms with van der Waals surface area (Å²) in [5.41, 5.74) is 0.366. The number of aliphatic hydroxyl groups excluding tert-OH is 1. The first-order valence-corrected chi connectivity index (χ1v) is 6.84. The second-order valence-electron chi connectivity index (χ2n) is 5.85. The third kappa shape index (κ3) is 6.52. The summed E-state index contributed by atoms with van der Waals surface area (Å²) < 4.78 is 5.34. The van der Waals surface area contributed by atoms with Gasteiger partial charge in [0.1, 0.15) is 5.60 Å². The van der Waals surface area contributed by atoms with Gasteiger partial charge in [0.2, 0.25) is 0 Å². The van der Waals surface area contributed by atoms with Gasteiger partial charge in [0.25, 0.3) is 0 Å². The van der Waals surface area contributed by atoms with E-state index in [0.29, 0.717) is 13.0 Å². The van der Waals surface area contributed by atoms with E-state index in [1.807, 2.05) is 39.0 Å². The number of aliphatic hydroxyl groups is 1. The number of carbonyl (C=O) groups is 1. The number of rotatable bonds is 5. The van der Waals surface area contributed by atoms with E-state index >= 15 is 0 Å². The van der Waals surface area contributed by atoms with Crippen molar-refractivity contribution in [3.8, 4) is 0 Å². The van der Waals surface area contributed by atoms with Crippen molar-refractivity contribution < 1.29 is 14.6 Å². The van der Waals surface area contributed by atoms with E-state index in [0.717, 1.165) is 5.69 Å². The SMILES string of the molecule is CC(O)CN(CCc1ccccn1)C(=O)OC(C)(C)C. The average molecular weight is 280 g/mol. The van der Waals surface area contributed by atoms with Gasteiger partial charge in [-0.2, -0.15) is 0 Å². The highest BCUT2D eigenvalue weighted by Gasteiger charge is 2.22. The first kappa shape index (κ1) is 16.4. The molecule has 0 saturated heterocycles. The smallest absolute Gasteiger partial charge is 0.410 e. The Hall–Kier alpha value is -1.62. The van der Waals surface area contributed by atoms with Crippen LogP contribution in [0, 0.1) is 0 Å². The minimum atomic E-state index is -0.591. The minimum absolute atomic E-state index is 0.252. The van der Waals surface area contributed by atoms with Gasteiger partial charge in [0, 0.05) is 31.4 Å². The average Bonchev–Trinajstić information content (AvgIpc) is 2.33. The molecule has 0 aliphatic heterocycles. The normalized spacial score (nSPS) is 12.8. The van der Waals surface area contributed by atoms with Crippen LogP contribution in [0.1, 0.15) is 33.4 Å². The minimum Gasteiger partial charge on any atom is -0.444 e. The molecular formula is C15H24N2O3. The van der Waals surface area contributed by atoms with Crippen molar-refractivity contribution in [2.24, 2.45) is 0 Å². The van der Waals surface area contributed by atoms with Crippen molar-refractivity contribution >= 4 is 6.09 Å². The molecule has 5 nitrogen and oxygen atoms in total. The van der Waals surface area contributed by atoms with Gasteiger partial charge in [-0.25, -0.2) is 4.79 Å². The Bertz CT molecular complexity index is 413. The molecule has 0 radical (unpaired) electrons. The Morgan fingerprint density at radius 3 is 2.65 bits per heavy atom. The van der Waals surface area contributed by atoms with E-state index in [4.69, 9.17) is 4.74 Å². The fourth-order valence-corrected chi connectivity index (χ4v) is 1.70. The van der Waals surface area contributed by atoms with Crippen molar-refractivity contribution in [3.63, 3.8) is 0 Å². The summed E-state index contributed by atoms with van der Waals surface area (Å²) in [6.45, 7) is 7.84. The Morgan fingerprint density at radius 2 is 2.15 bits per heavy atom. The molecule has 0 saturated carbocycles. The number of hydrogen-bond acceptors (Lipinski definition) is 4. The van der Waals surface area contributed by atoms with Gasteiger partial charge in [-0.1, -0.05) is 6.07 Å². The lowest BCUT2D eigenvalue weighted by Crippen LogP contribution is -2.41. The van der Waals surface area contributed by atoms with Crippen molar-refractivity contribution in [2.45, 2.75) is 45.8 Å². The van der Waals surface area contributed by atoms with Gasteiger partial charge in [-0.3, -0.25) is 4.98 Å². The third-order valence-corrected chi connectivity index (χ3v) is 2.50. The molecule has 1 N–H and O–H groups in total. The van der Waals surface area contributed by atoms with Crippen LogP contribution < -0.4 is 0 Å². The van der Waals surface area contributed by atoms with Gasteiger partial charge in [-0.05, 0) is 39.8 Å². The Labute approximate surface area is 120 Å². The predicted molar refractivity (Wildman–Crippen MR) is 77.4 cm³/mol. The molecule has 1 unspecified atom stereocenters. The standard InChI is InChI=1S/C15H24N2O3/c1-12(18)11-17(14(19)20-15(2,3)4)10-8-13-7-5-6-9-16-13/h5-7,9,12,18H,8,10-11H2,1-4H3. The van der Waals surface area contributed by atoms with Crippen molar-refractivity contribution in [1.29, 1.82) is 0 Å². The molecule has 1 heterocycles. The van der Waals surface area contributed by atoms with Crippen LogP contribution in [-0.2, 0) is 11.2 Å². The molecule has 0 aliphatic rings. The third-order valence-electron chi connectivity index (χ3n) is 2.50. The molecule has 1 atom stereocenters. The Balaban J connectivity index is 2.62. The van der Waals surface area contributed by atoms with Gasteiger partial charge >= 0.3 is 6.09 Å². The van der Waals surface area contributed by atoms with Crippen LogP contribution in [0.5, 0.6) is 0 Å². The number of aromatic nitrogens is 1. The molecule has 0 fully saturated rings. The number of hydrogen-bond donors (Lipinski definition) is 1. The number of amides is 1. The summed E-state index contributed by atoms with van der Waals surface area (Å²) in [6.07, 6.45) is 1.36. The highest BCUT2D eigenvalue weighted by molar-refractivity contribution is 5.68. The van der Waals surface area contributed by atoms with Crippen molar-refractivity contribution in [1.82, 2.24) is 9.88 Å². The first-order chi connectivity index (χ1) is 9.28. The Morgan fingerprint density at radius 1 is 1.45 bits per heavy atom. The lowest BCUT2D eigenvalue weighted by atomic mass is 10.2. The zero-order valence-electron chi connectivity index (χ0n) is 12.7. The van der Waals surface area contributed by atoms with Gasteiger partial charge in [-0.15, -0.1) is 0 Å². The van der Waals surface area contributed by atoms with Crippen LogP contribution in [0.4, 0.5) is 4.79 Å². The van der Waals surface area contributed by atoms with E-state index in [1.165, 1.54) is 4.90 Å². The zero-order valence-corrected chi connectivity index (χ0v) is 12.7. The van der Waals surface area contributed by atoms with Crippen LogP contribution in [0.15, 0.2) is 24.4 Å². The van der Waals surface area contributed by atoms with E-state index in [-0.39, 0.29) is 6.54 Å². The fourth-order valence-electron chi connectivity index (χ4n) is 1.70. The molecule has 112 valence electrons. The van der Waals surface area contributed by atoms with Crippen LogP contribution >= 0.6 is 0 Å². The molecule has 0 aliphatic carbocycles. The van der Waals surface area contributed by atoms with Crippen LogP contribution in [0.25, 0.3) is 0 Å². The van der Waals surface area contributed by atoms with Crippen LogP contribution in [0.2, 0.25) is 0 Å². The summed E-state index contributed by atoms with van der Waals surface area (Å²) >= 11 is 0. The van der Waals surface area contributed by atoms with E-state index in [1.54, 1.807) is 13.1 Å². The van der Waals surface area contributed by atoms with Crippen molar-refractivity contribution in [3.05, 3.63) is 30.1 Å². The maximum atomic E-state index is 12.1. The second-order valence-corrected chi connectivity index (χ2v) is 5.85. The molecule has 1 rings (SSSR count). The molecule has 0 aromatic carbocycles. The Kier molecular flexibility index (Phi) is 5.95. The first-order valence-electron chi connectivity index (χ1n) is 6.84. The lowest BCUT2D eigenvalue weighted by Gasteiger charge is -2.28. The van der Waals surface area contributed by atoms with E-state index < -0.39 is 17.8 Å². The van der Waals surface area contributed by atoms with Crippen LogP contribution in [0.3, 0.4) is 0 Å². The summed E-state index contributed by atoms with van der Waals surface area (Å²) in [5, 5.41) is 9.50. The molecule has 1 amide bonds. The highest BCUT2D eigenvalue weighted by Crippen LogP contribution is 2.11. The number of nitrogens with zero attached hydrogens (tertiary/aromatic N) is 2. The quantitative estimate of drug-likeness (QED) is 0.898. The number of ether oxygens (including phenoxy) is 1. The van der Waals surface area contributed by atoms with Gasteiger partial charge in [0.05, 0.1) is 6.10 Å². The van der Waals surface area contributed by atoms with Crippen LogP contribution in [-0.4, -0.2) is 45.9 Å². The predicted octanol–water partition coefficient (Wildman–Crippen LogP) is 2.24. The largest absolute Gasteiger partial charge is 0.444 e. The fraction of sp³-hybridized carbons (Fsp3) is 0.600. The van der Waals surface area contributed by atoms with Gasteiger partial charge in [0.15, 0.2) is 0 Å². The topological polar surface area (TPSA) is 62.7 Å². The van der Waals surface area contributed by atoms with E-state index in [9.17, 15) is 9.90 Å². The number of carbonyl (C=O) groups excluding carboxylic acids is 1. The maximum Gasteiger partial charge on any atom is 0.410 e. The summed E-state index contributed by atoms with van der Waals surface area (Å²) in [6, 6.07) is 5.68. The molecule has 1 aromatic heterocycles.